The molecule has 0 saturated heterocycles. The van der Waals surface area contributed by atoms with Crippen molar-refractivity contribution in [1.29, 1.82) is 0 Å². The maximum atomic E-state index is 11.6. The van der Waals surface area contributed by atoms with Crippen LogP contribution in [0.1, 0.15) is 19.3 Å². The van der Waals surface area contributed by atoms with Crippen molar-refractivity contribution in [2.24, 2.45) is 29.6 Å². The molecule has 0 aromatic carbocycles. The quantitative estimate of drug-likeness (QED) is 0.469. The molecule has 2 bridgehead atoms. The van der Waals surface area contributed by atoms with Gasteiger partial charge in [-0.1, -0.05) is 12.2 Å². The van der Waals surface area contributed by atoms with Gasteiger partial charge in [0, 0.05) is 0 Å². The van der Waals surface area contributed by atoms with Gasteiger partial charge in [0.2, 0.25) is 0 Å². The number of ether oxygens (including phenoxy) is 1. The van der Waals surface area contributed by atoms with E-state index >= 15 is 0 Å². The third kappa shape index (κ3) is 0.943. The van der Waals surface area contributed by atoms with E-state index in [9.17, 15) is 4.79 Å². The normalized spacial score (nSPS) is 48.2. The van der Waals surface area contributed by atoms with E-state index < -0.39 is 0 Å². The standard InChI is InChI=1S/C12H16O2/c1-14-12(13)10-5-4-9-7-2-3-8(6-7)11(9)10/h2-3,7-11H,4-6H2,1H3. The van der Waals surface area contributed by atoms with Gasteiger partial charge in [-0.3, -0.25) is 4.79 Å². The SMILES string of the molecule is COC(=O)C1CCC2C3C=CC(C3)C12. The summed E-state index contributed by atoms with van der Waals surface area (Å²) >= 11 is 0. The lowest BCUT2D eigenvalue weighted by Crippen LogP contribution is -2.26. The van der Waals surface area contributed by atoms with Gasteiger partial charge in [0.15, 0.2) is 0 Å². The minimum atomic E-state index is 0.0263. The number of carbonyl (C=O) groups excluding carboxylic acids is 1. The average Bonchev–Trinajstić information content (AvgIpc) is 2.87. The predicted molar refractivity (Wildman–Crippen MR) is 52.5 cm³/mol. The second-order valence-electron chi connectivity index (χ2n) is 4.90. The van der Waals surface area contributed by atoms with E-state index in [-0.39, 0.29) is 11.9 Å². The molecule has 0 aliphatic heterocycles. The van der Waals surface area contributed by atoms with E-state index in [1.54, 1.807) is 0 Å². The number of methoxy groups -OCH3 is 1. The molecule has 0 heterocycles. The molecule has 0 aromatic heterocycles. The van der Waals surface area contributed by atoms with Crippen molar-refractivity contribution in [1.82, 2.24) is 0 Å². The Kier molecular flexibility index (Phi) is 1.73. The number of carbonyl (C=O) groups is 1. The third-order valence-corrected chi connectivity index (χ3v) is 4.47. The Balaban J connectivity index is 1.85. The molecule has 2 nitrogen and oxygen atoms in total. The van der Waals surface area contributed by atoms with Crippen LogP contribution in [-0.2, 0) is 9.53 Å². The van der Waals surface area contributed by atoms with E-state index in [0.29, 0.717) is 11.8 Å². The summed E-state index contributed by atoms with van der Waals surface area (Å²) in [5.74, 6) is 3.08. The first-order valence-electron chi connectivity index (χ1n) is 5.57. The number of allylic oxidation sites excluding steroid dienone is 2. The zero-order chi connectivity index (χ0) is 9.71. The zero-order valence-corrected chi connectivity index (χ0v) is 8.48. The molecule has 3 rings (SSSR count). The number of fused-ring (bicyclic) bond motifs is 5. The van der Waals surface area contributed by atoms with Gasteiger partial charge >= 0.3 is 5.97 Å². The maximum Gasteiger partial charge on any atom is 0.308 e. The molecule has 5 atom stereocenters. The van der Waals surface area contributed by atoms with Crippen LogP contribution in [-0.4, -0.2) is 13.1 Å². The summed E-state index contributed by atoms with van der Waals surface area (Å²) in [6.45, 7) is 0. The van der Waals surface area contributed by atoms with Gasteiger partial charge in [-0.25, -0.2) is 0 Å². The summed E-state index contributed by atoms with van der Waals surface area (Å²) < 4.78 is 4.89. The van der Waals surface area contributed by atoms with Gasteiger partial charge in [-0.15, -0.1) is 0 Å². The van der Waals surface area contributed by atoms with Crippen molar-refractivity contribution in [3.63, 3.8) is 0 Å². The fraction of sp³-hybridized carbons (Fsp3) is 0.750. The molecule has 5 unspecified atom stereocenters. The topological polar surface area (TPSA) is 26.3 Å². The van der Waals surface area contributed by atoms with Crippen LogP contribution in [0.5, 0.6) is 0 Å². The summed E-state index contributed by atoms with van der Waals surface area (Å²) in [5.41, 5.74) is 0. The largest absolute Gasteiger partial charge is 0.469 e. The smallest absolute Gasteiger partial charge is 0.308 e. The van der Waals surface area contributed by atoms with Crippen LogP contribution in [0.15, 0.2) is 12.2 Å². The van der Waals surface area contributed by atoms with Gasteiger partial charge in [0.25, 0.3) is 0 Å². The summed E-state index contributed by atoms with van der Waals surface area (Å²) in [4.78, 5) is 11.6. The Hall–Kier alpha value is -0.790. The summed E-state index contributed by atoms with van der Waals surface area (Å²) in [5, 5.41) is 0. The molecular formula is C12H16O2. The van der Waals surface area contributed by atoms with Gasteiger partial charge in [0.1, 0.15) is 0 Å². The highest BCUT2D eigenvalue weighted by molar-refractivity contribution is 5.73. The number of hydrogen-bond donors (Lipinski definition) is 0. The highest BCUT2D eigenvalue weighted by Crippen LogP contribution is 2.57. The first-order valence-corrected chi connectivity index (χ1v) is 5.57. The van der Waals surface area contributed by atoms with E-state index in [2.05, 4.69) is 12.2 Å². The third-order valence-electron chi connectivity index (χ3n) is 4.47. The molecule has 3 aliphatic rings. The molecule has 0 spiro atoms. The maximum absolute atomic E-state index is 11.6. The fourth-order valence-electron chi connectivity index (χ4n) is 3.96. The summed E-state index contributed by atoms with van der Waals surface area (Å²) in [6.07, 6.45) is 8.27. The minimum absolute atomic E-state index is 0.0263. The fourth-order valence-corrected chi connectivity index (χ4v) is 3.96. The van der Waals surface area contributed by atoms with Crippen LogP contribution in [0.25, 0.3) is 0 Å². The van der Waals surface area contributed by atoms with Crippen molar-refractivity contribution in [3.8, 4) is 0 Å². The highest BCUT2D eigenvalue weighted by atomic mass is 16.5. The van der Waals surface area contributed by atoms with Crippen LogP contribution in [0, 0.1) is 29.6 Å². The Morgan fingerprint density at radius 3 is 2.86 bits per heavy atom. The average molecular weight is 192 g/mol. The lowest BCUT2D eigenvalue weighted by Gasteiger charge is -2.24. The van der Waals surface area contributed by atoms with Gasteiger partial charge in [-0.2, -0.15) is 0 Å². The first-order chi connectivity index (χ1) is 6.81. The second-order valence-corrected chi connectivity index (χ2v) is 4.90. The van der Waals surface area contributed by atoms with Crippen molar-refractivity contribution in [2.45, 2.75) is 19.3 Å². The summed E-state index contributed by atoms with van der Waals surface area (Å²) in [6, 6.07) is 0. The van der Waals surface area contributed by atoms with Crippen molar-refractivity contribution in [3.05, 3.63) is 12.2 Å². The monoisotopic (exact) mass is 192 g/mol. The van der Waals surface area contributed by atoms with Crippen LogP contribution < -0.4 is 0 Å². The van der Waals surface area contributed by atoms with Gasteiger partial charge in [-0.05, 0) is 42.9 Å². The lowest BCUT2D eigenvalue weighted by atomic mass is 9.81. The van der Waals surface area contributed by atoms with Crippen molar-refractivity contribution >= 4 is 5.97 Å². The molecule has 0 radical (unpaired) electrons. The zero-order valence-electron chi connectivity index (χ0n) is 8.48. The molecule has 3 aliphatic carbocycles. The Morgan fingerprint density at radius 1 is 1.29 bits per heavy atom. The number of hydrogen-bond acceptors (Lipinski definition) is 2. The van der Waals surface area contributed by atoms with Crippen LogP contribution in [0.3, 0.4) is 0 Å². The Morgan fingerprint density at radius 2 is 2.07 bits per heavy atom. The molecule has 0 aromatic rings. The van der Waals surface area contributed by atoms with Crippen LogP contribution >= 0.6 is 0 Å². The van der Waals surface area contributed by atoms with E-state index in [1.165, 1.54) is 20.0 Å². The van der Waals surface area contributed by atoms with Gasteiger partial charge < -0.3 is 4.74 Å². The molecule has 76 valence electrons. The Labute approximate surface area is 84.3 Å². The summed E-state index contributed by atoms with van der Waals surface area (Å²) in [7, 11) is 1.51. The first kappa shape index (κ1) is 8.51. The lowest BCUT2D eigenvalue weighted by molar-refractivity contribution is -0.147. The number of rotatable bonds is 1. The van der Waals surface area contributed by atoms with Crippen LogP contribution in [0.2, 0.25) is 0 Å². The molecule has 14 heavy (non-hydrogen) atoms. The molecule has 0 N–H and O–H groups in total. The second kappa shape index (κ2) is 2.85. The highest BCUT2D eigenvalue weighted by Gasteiger charge is 2.53. The van der Waals surface area contributed by atoms with Gasteiger partial charge in [0.05, 0.1) is 13.0 Å². The van der Waals surface area contributed by atoms with E-state index in [0.717, 1.165) is 18.3 Å². The molecule has 0 amide bonds. The van der Waals surface area contributed by atoms with Crippen molar-refractivity contribution in [2.75, 3.05) is 7.11 Å². The molecule has 2 heteroatoms. The van der Waals surface area contributed by atoms with E-state index in [4.69, 9.17) is 4.74 Å². The molecule has 2 fully saturated rings. The Bertz CT molecular complexity index is 295. The minimum Gasteiger partial charge on any atom is -0.469 e. The molecule has 2 saturated carbocycles. The van der Waals surface area contributed by atoms with E-state index in [1.807, 2.05) is 0 Å². The molecular weight excluding hydrogens is 176 g/mol. The number of esters is 1. The van der Waals surface area contributed by atoms with Crippen LogP contribution in [0.4, 0.5) is 0 Å². The van der Waals surface area contributed by atoms with Crippen molar-refractivity contribution < 1.29 is 9.53 Å². The predicted octanol–water partition coefficient (Wildman–Crippen LogP) is 2.01.